The molecule has 0 heterocycles. The van der Waals surface area contributed by atoms with Crippen LogP contribution in [0, 0.1) is 11.7 Å². The molecule has 1 aromatic carbocycles. The summed E-state index contributed by atoms with van der Waals surface area (Å²) in [6, 6.07) is 3.59. The van der Waals surface area contributed by atoms with Gasteiger partial charge in [-0.3, -0.25) is 4.79 Å². The summed E-state index contributed by atoms with van der Waals surface area (Å²) >= 11 is 3.22. The Bertz CT molecular complexity index is 469. The maximum atomic E-state index is 14.2. The van der Waals surface area contributed by atoms with Crippen LogP contribution in [0.4, 0.5) is 4.39 Å². The fourth-order valence-electron chi connectivity index (χ4n) is 2.36. The van der Waals surface area contributed by atoms with Gasteiger partial charge in [-0.05, 0) is 58.3 Å². The minimum atomic E-state index is -0.857. The molecule has 1 aliphatic rings. The van der Waals surface area contributed by atoms with Gasteiger partial charge in [-0.2, -0.15) is 0 Å². The minimum Gasteiger partial charge on any atom is -0.481 e. The topological polar surface area (TPSA) is 37.3 Å². The zero-order chi connectivity index (χ0) is 13.3. The second kappa shape index (κ2) is 5.39. The predicted octanol–water partition coefficient (Wildman–Crippen LogP) is 4.12. The number of hydrogen-bond acceptors (Lipinski definition) is 1. The number of aryl methyl sites for hydroxylation is 1. The molecule has 1 N–H and O–H groups in total. The van der Waals surface area contributed by atoms with Crippen molar-refractivity contribution in [2.75, 3.05) is 0 Å². The Morgan fingerprint density at radius 1 is 1.56 bits per heavy atom. The van der Waals surface area contributed by atoms with Crippen molar-refractivity contribution >= 4 is 21.9 Å². The Kier molecular flexibility index (Phi) is 4.05. The number of benzene rings is 1. The third kappa shape index (κ3) is 2.91. The van der Waals surface area contributed by atoms with Gasteiger partial charge in [-0.15, -0.1) is 0 Å². The molecule has 0 aromatic heterocycles. The average Bonchev–Trinajstić information content (AvgIpc) is 3.13. The van der Waals surface area contributed by atoms with Crippen LogP contribution in [0.15, 0.2) is 16.6 Å². The number of carboxylic acid groups (broad SMARTS) is 1. The molecular formula is C14H16BrFO2. The molecule has 0 amide bonds. The molecule has 1 saturated carbocycles. The monoisotopic (exact) mass is 314 g/mol. The van der Waals surface area contributed by atoms with Gasteiger partial charge in [0, 0.05) is 5.92 Å². The number of aliphatic carboxylic acids is 1. The van der Waals surface area contributed by atoms with Crippen LogP contribution < -0.4 is 0 Å². The standard InChI is InChI=1S/C14H16BrFO2/c1-2-8-5-11(14(16)12(15)6-8)10(7-13(17)18)9-3-4-9/h5-6,9-10H,2-4,7H2,1H3,(H,17,18). The van der Waals surface area contributed by atoms with Gasteiger partial charge in [0.05, 0.1) is 10.9 Å². The SMILES string of the molecule is CCc1cc(Br)c(F)c(C(CC(=O)O)C2CC2)c1. The number of halogens is 2. The summed E-state index contributed by atoms with van der Waals surface area (Å²) in [6.07, 6.45) is 2.84. The smallest absolute Gasteiger partial charge is 0.303 e. The minimum absolute atomic E-state index is 0.0151. The third-order valence-electron chi connectivity index (χ3n) is 3.51. The van der Waals surface area contributed by atoms with Gasteiger partial charge >= 0.3 is 5.97 Å². The number of carboxylic acids is 1. The van der Waals surface area contributed by atoms with Crippen molar-refractivity contribution in [3.8, 4) is 0 Å². The van der Waals surface area contributed by atoms with Gasteiger partial charge in [-0.25, -0.2) is 4.39 Å². The fourth-order valence-corrected chi connectivity index (χ4v) is 2.88. The number of rotatable bonds is 5. The summed E-state index contributed by atoms with van der Waals surface area (Å²) in [5, 5.41) is 8.97. The first-order chi connectivity index (χ1) is 8.52. The van der Waals surface area contributed by atoms with Crippen LogP contribution in [0.25, 0.3) is 0 Å². The Morgan fingerprint density at radius 3 is 2.72 bits per heavy atom. The third-order valence-corrected chi connectivity index (χ3v) is 4.09. The van der Waals surface area contributed by atoms with Gasteiger partial charge in [0.15, 0.2) is 0 Å². The van der Waals surface area contributed by atoms with E-state index < -0.39 is 5.97 Å². The molecular weight excluding hydrogens is 299 g/mol. The van der Waals surface area contributed by atoms with E-state index in [0.717, 1.165) is 24.8 Å². The van der Waals surface area contributed by atoms with E-state index in [-0.39, 0.29) is 18.2 Å². The van der Waals surface area contributed by atoms with Crippen LogP contribution >= 0.6 is 15.9 Å². The molecule has 1 fully saturated rings. The van der Waals surface area contributed by atoms with Crippen molar-refractivity contribution in [2.24, 2.45) is 5.92 Å². The highest BCUT2D eigenvalue weighted by atomic mass is 79.9. The van der Waals surface area contributed by atoms with Crippen LogP contribution in [0.1, 0.15) is 43.2 Å². The lowest BCUT2D eigenvalue weighted by Crippen LogP contribution is -2.11. The van der Waals surface area contributed by atoms with E-state index in [0.29, 0.717) is 16.0 Å². The number of hydrogen-bond donors (Lipinski definition) is 1. The molecule has 0 saturated heterocycles. The molecule has 0 aliphatic heterocycles. The molecule has 1 atom stereocenters. The summed E-state index contributed by atoms with van der Waals surface area (Å²) in [5.74, 6) is -1.02. The van der Waals surface area contributed by atoms with Crippen LogP contribution in [0.2, 0.25) is 0 Å². The van der Waals surface area contributed by atoms with E-state index in [1.54, 1.807) is 6.07 Å². The summed E-state index contributed by atoms with van der Waals surface area (Å²) in [5.41, 5.74) is 1.60. The van der Waals surface area contributed by atoms with Crippen LogP contribution in [0.5, 0.6) is 0 Å². The zero-order valence-corrected chi connectivity index (χ0v) is 11.8. The normalized spacial score (nSPS) is 16.6. The van der Waals surface area contributed by atoms with Crippen molar-refractivity contribution in [2.45, 2.75) is 38.5 Å². The quantitative estimate of drug-likeness (QED) is 0.887. The Balaban J connectivity index is 2.39. The van der Waals surface area contributed by atoms with Crippen molar-refractivity contribution in [3.63, 3.8) is 0 Å². The van der Waals surface area contributed by atoms with Crippen LogP contribution in [-0.4, -0.2) is 11.1 Å². The Hall–Kier alpha value is -0.900. The highest BCUT2D eigenvalue weighted by Crippen LogP contribution is 2.46. The molecule has 1 aliphatic carbocycles. The molecule has 1 aromatic rings. The summed E-state index contributed by atoms with van der Waals surface area (Å²) in [7, 11) is 0. The van der Waals surface area contributed by atoms with E-state index in [4.69, 9.17) is 5.11 Å². The molecule has 4 heteroatoms. The molecule has 18 heavy (non-hydrogen) atoms. The molecule has 1 unspecified atom stereocenters. The molecule has 98 valence electrons. The zero-order valence-electron chi connectivity index (χ0n) is 10.2. The maximum absolute atomic E-state index is 14.2. The Morgan fingerprint density at radius 2 is 2.22 bits per heavy atom. The van der Waals surface area contributed by atoms with Gasteiger partial charge in [0.25, 0.3) is 0 Å². The summed E-state index contributed by atoms with van der Waals surface area (Å²) < 4.78 is 14.6. The predicted molar refractivity (Wildman–Crippen MR) is 71.2 cm³/mol. The molecule has 2 nitrogen and oxygen atoms in total. The average molecular weight is 315 g/mol. The van der Waals surface area contributed by atoms with Crippen molar-refractivity contribution in [3.05, 3.63) is 33.5 Å². The van der Waals surface area contributed by atoms with Gasteiger partial charge in [-0.1, -0.05) is 13.0 Å². The van der Waals surface area contributed by atoms with Crippen molar-refractivity contribution < 1.29 is 14.3 Å². The highest BCUT2D eigenvalue weighted by Gasteiger charge is 2.35. The lowest BCUT2D eigenvalue weighted by molar-refractivity contribution is -0.137. The lowest BCUT2D eigenvalue weighted by atomic mass is 9.89. The highest BCUT2D eigenvalue weighted by molar-refractivity contribution is 9.10. The fraction of sp³-hybridized carbons (Fsp3) is 0.500. The molecule has 0 bridgehead atoms. The summed E-state index contributed by atoms with van der Waals surface area (Å²) in [6.45, 7) is 2.01. The largest absolute Gasteiger partial charge is 0.481 e. The summed E-state index contributed by atoms with van der Waals surface area (Å²) in [4.78, 5) is 10.9. The van der Waals surface area contributed by atoms with E-state index in [1.807, 2.05) is 13.0 Å². The number of carbonyl (C=O) groups is 1. The van der Waals surface area contributed by atoms with Crippen molar-refractivity contribution in [1.29, 1.82) is 0 Å². The first-order valence-corrected chi connectivity index (χ1v) is 7.01. The molecule has 2 rings (SSSR count). The van der Waals surface area contributed by atoms with Crippen LogP contribution in [0.3, 0.4) is 0 Å². The van der Waals surface area contributed by atoms with Crippen molar-refractivity contribution in [1.82, 2.24) is 0 Å². The van der Waals surface area contributed by atoms with Crippen LogP contribution in [-0.2, 0) is 11.2 Å². The van der Waals surface area contributed by atoms with E-state index in [1.165, 1.54) is 0 Å². The second-order valence-corrected chi connectivity index (χ2v) is 5.73. The molecule has 0 radical (unpaired) electrons. The van der Waals surface area contributed by atoms with Gasteiger partial charge in [0.2, 0.25) is 0 Å². The van der Waals surface area contributed by atoms with E-state index in [2.05, 4.69) is 15.9 Å². The lowest BCUT2D eigenvalue weighted by Gasteiger charge is -2.17. The maximum Gasteiger partial charge on any atom is 0.303 e. The van der Waals surface area contributed by atoms with Gasteiger partial charge in [0.1, 0.15) is 5.82 Å². The second-order valence-electron chi connectivity index (χ2n) is 4.88. The van der Waals surface area contributed by atoms with E-state index >= 15 is 0 Å². The Labute approximate surface area is 114 Å². The first kappa shape index (κ1) is 13.5. The first-order valence-electron chi connectivity index (χ1n) is 6.22. The molecule has 0 spiro atoms. The van der Waals surface area contributed by atoms with Gasteiger partial charge < -0.3 is 5.11 Å². The van der Waals surface area contributed by atoms with E-state index in [9.17, 15) is 9.18 Å².